The summed E-state index contributed by atoms with van der Waals surface area (Å²) in [6.07, 6.45) is 5.01. The van der Waals surface area contributed by atoms with Gasteiger partial charge in [-0.05, 0) is 19.5 Å². The molecule has 0 saturated carbocycles. The van der Waals surface area contributed by atoms with E-state index in [0.717, 1.165) is 18.5 Å². The Morgan fingerprint density at radius 3 is 2.23 bits per heavy atom. The predicted molar refractivity (Wildman–Crippen MR) is 56.2 cm³/mol. The van der Waals surface area contributed by atoms with E-state index in [1.54, 1.807) is 17.2 Å². The first kappa shape index (κ1) is 11.7. The largest absolute Gasteiger partial charge is 0.320 e. The number of allylic oxidation sites excluding steroid dienone is 2. The molecule has 1 aliphatic heterocycles. The quantitative estimate of drug-likeness (QED) is 0.596. The number of amides is 1. The molecule has 0 N–H and O–H groups in total. The molecule has 1 fully saturated rings. The second-order valence-corrected chi connectivity index (χ2v) is 2.92. The van der Waals surface area contributed by atoms with E-state index >= 15 is 0 Å². The van der Waals surface area contributed by atoms with E-state index in [2.05, 4.69) is 19.7 Å². The fourth-order valence-corrected chi connectivity index (χ4v) is 0.862. The summed E-state index contributed by atoms with van der Waals surface area (Å²) in [6, 6.07) is 0. The highest BCUT2D eigenvalue weighted by Crippen LogP contribution is 2.08. The van der Waals surface area contributed by atoms with Crippen LogP contribution in [0.4, 0.5) is 0 Å². The monoisotopic (exact) mass is 179 g/mol. The van der Waals surface area contributed by atoms with Crippen LogP contribution in [0.5, 0.6) is 0 Å². The number of rotatable bonds is 2. The van der Waals surface area contributed by atoms with Crippen LogP contribution < -0.4 is 0 Å². The zero-order valence-corrected chi connectivity index (χ0v) is 8.25. The molecule has 0 aromatic carbocycles. The molecule has 1 aliphatic rings. The van der Waals surface area contributed by atoms with Crippen molar-refractivity contribution in [1.29, 1.82) is 0 Å². The van der Waals surface area contributed by atoms with Crippen molar-refractivity contribution in [2.75, 3.05) is 6.54 Å². The summed E-state index contributed by atoms with van der Waals surface area (Å²) in [5.74, 6) is 0.208. The Morgan fingerprint density at radius 2 is 2.08 bits per heavy atom. The number of carbonyl (C=O) groups is 1. The Balaban J connectivity index is 0.000000252. The van der Waals surface area contributed by atoms with Gasteiger partial charge in [0, 0.05) is 13.0 Å². The molecule has 0 aliphatic carbocycles. The summed E-state index contributed by atoms with van der Waals surface area (Å²) >= 11 is 0. The highest BCUT2D eigenvalue weighted by atomic mass is 16.2. The topological polar surface area (TPSA) is 20.3 Å². The van der Waals surface area contributed by atoms with E-state index in [9.17, 15) is 4.79 Å². The average molecular weight is 179 g/mol. The molecule has 1 rings (SSSR count). The van der Waals surface area contributed by atoms with Crippen molar-refractivity contribution >= 4 is 5.91 Å². The van der Waals surface area contributed by atoms with Crippen LogP contribution in [0.2, 0.25) is 0 Å². The van der Waals surface area contributed by atoms with Gasteiger partial charge in [-0.3, -0.25) is 4.79 Å². The van der Waals surface area contributed by atoms with E-state index < -0.39 is 0 Å². The van der Waals surface area contributed by atoms with Crippen LogP contribution in [0.15, 0.2) is 37.6 Å². The zero-order chi connectivity index (χ0) is 10.3. The molecule has 1 amide bonds. The SMILES string of the molecule is C=CC(=C)C.C=CN1CCCC1=O. The van der Waals surface area contributed by atoms with Gasteiger partial charge in [0.2, 0.25) is 5.91 Å². The summed E-state index contributed by atoms with van der Waals surface area (Å²) < 4.78 is 0. The second-order valence-electron chi connectivity index (χ2n) is 2.92. The Bertz CT molecular complexity index is 218. The van der Waals surface area contributed by atoms with Gasteiger partial charge in [-0.1, -0.05) is 31.4 Å². The standard InChI is InChI=1S/C6H9NO.C5H8/c1-2-7-5-3-4-6(7)8;1-4-5(2)3/h2H,1,3-5H2;4H,1-2H2,3H3. The first-order chi connectivity index (χ1) is 6.11. The zero-order valence-electron chi connectivity index (χ0n) is 8.25. The molecular formula is C11H17NO. The Labute approximate surface area is 80.2 Å². The summed E-state index contributed by atoms with van der Waals surface area (Å²) in [7, 11) is 0. The van der Waals surface area contributed by atoms with Crippen molar-refractivity contribution in [2.24, 2.45) is 0 Å². The van der Waals surface area contributed by atoms with Crippen LogP contribution in [0.3, 0.4) is 0 Å². The Morgan fingerprint density at radius 1 is 1.54 bits per heavy atom. The molecule has 0 bridgehead atoms. The third-order valence-electron chi connectivity index (χ3n) is 1.68. The molecule has 13 heavy (non-hydrogen) atoms. The number of carbonyl (C=O) groups excluding carboxylic acids is 1. The van der Waals surface area contributed by atoms with Crippen molar-refractivity contribution in [2.45, 2.75) is 19.8 Å². The lowest BCUT2D eigenvalue weighted by Crippen LogP contribution is -2.16. The van der Waals surface area contributed by atoms with Crippen LogP contribution in [-0.2, 0) is 4.79 Å². The first-order valence-electron chi connectivity index (χ1n) is 4.31. The molecule has 72 valence electrons. The highest BCUT2D eigenvalue weighted by Gasteiger charge is 2.15. The van der Waals surface area contributed by atoms with Crippen molar-refractivity contribution < 1.29 is 4.79 Å². The summed E-state index contributed by atoms with van der Waals surface area (Å²) in [4.78, 5) is 12.3. The normalized spacial score (nSPS) is 14.5. The third-order valence-corrected chi connectivity index (χ3v) is 1.68. The van der Waals surface area contributed by atoms with Gasteiger partial charge in [0.15, 0.2) is 0 Å². The van der Waals surface area contributed by atoms with Crippen LogP contribution in [0, 0.1) is 0 Å². The number of hydrogen-bond donors (Lipinski definition) is 0. The molecule has 0 aromatic heterocycles. The molecular weight excluding hydrogens is 162 g/mol. The smallest absolute Gasteiger partial charge is 0.226 e. The van der Waals surface area contributed by atoms with Gasteiger partial charge in [0.25, 0.3) is 0 Å². The number of nitrogens with zero attached hydrogens (tertiary/aromatic N) is 1. The fraction of sp³-hybridized carbons (Fsp3) is 0.364. The van der Waals surface area contributed by atoms with Gasteiger partial charge >= 0.3 is 0 Å². The van der Waals surface area contributed by atoms with E-state index in [1.165, 1.54) is 0 Å². The van der Waals surface area contributed by atoms with E-state index in [1.807, 2.05) is 6.92 Å². The van der Waals surface area contributed by atoms with Crippen LogP contribution >= 0.6 is 0 Å². The minimum absolute atomic E-state index is 0.208. The molecule has 1 saturated heterocycles. The molecule has 1 heterocycles. The third kappa shape index (κ3) is 5.01. The highest BCUT2D eigenvalue weighted by molar-refractivity contribution is 5.78. The maximum atomic E-state index is 10.7. The maximum Gasteiger partial charge on any atom is 0.226 e. The van der Waals surface area contributed by atoms with Crippen molar-refractivity contribution in [3.8, 4) is 0 Å². The Kier molecular flexibility index (Phi) is 5.60. The van der Waals surface area contributed by atoms with Crippen LogP contribution in [-0.4, -0.2) is 17.4 Å². The first-order valence-corrected chi connectivity index (χ1v) is 4.31. The average Bonchev–Trinajstić information content (AvgIpc) is 2.52. The summed E-state index contributed by atoms with van der Waals surface area (Å²) in [5.41, 5.74) is 1.02. The van der Waals surface area contributed by atoms with Crippen LogP contribution in [0.25, 0.3) is 0 Å². The van der Waals surface area contributed by atoms with Gasteiger partial charge in [0.1, 0.15) is 0 Å². The van der Waals surface area contributed by atoms with Gasteiger partial charge in [-0.25, -0.2) is 0 Å². The minimum atomic E-state index is 0.208. The molecule has 0 radical (unpaired) electrons. The van der Waals surface area contributed by atoms with E-state index in [4.69, 9.17) is 0 Å². The molecule has 2 nitrogen and oxygen atoms in total. The lowest BCUT2D eigenvalue weighted by Gasteiger charge is -2.05. The fourth-order valence-electron chi connectivity index (χ4n) is 0.862. The predicted octanol–water partition coefficient (Wildman–Crippen LogP) is 2.50. The number of likely N-dealkylation sites (tertiary alicyclic amines) is 1. The molecule has 0 unspecified atom stereocenters. The van der Waals surface area contributed by atoms with Crippen molar-refractivity contribution in [3.63, 3.8) is 0 Å². The van der Waals surface area contributed by atoms with Gasteiger partial charge < -0.3 is 4.90 Å². The van der Waals surface area contributed by atoms with Gasteiger partial charge in [-0.15, -0.1) is 0 Å². The van der Waals surface area contributed by atoms with E-state index in [-0.39, 0.29) is 5.91 Å². The number of hydrogen-bond acceptors (Lipinski definition) is 1. The van der Waals surface area contributed by atoms with Crippen LogP contribution in [0.1, 0.15) is 19.8 Å². The van der Waals surface area contributed by atoms with Crippen molar-refractivity contribution in [3.05, 3.63) is 37.6 Å². The molecule has 0 atom stereocenters. The lowest BCUT2D eigenvalue weighted by atomic mass is 10.4. The Hall–Kier alpha value is -1.31. The van der Waals surface area contributed by atoms with Gasteiger partial charge in [-0.2, -0.15) is 0 Å². The minimum Gasteiger partial charge on any atom is -0.320 e. The molecule has 0 spiro atoms. The summed E-state index contributed by atoms with van der Waals surface area (Å²) in [6.45, 7) is 13.3. The second kappa shape index (κ2) is 6.23. The van der Waals surface area contributed by atoms with Crippen molar-refractivity contribution in [1.82, 2.24) is 4.90 Å². The molecule has 2 heteroatoms. The lowest BCUT2D eigenvalue weighted by molar-refractivity contribution is -0.125. The molecule has 0 aromatic rings. The maximum absolute atomic E-state index is 10.7. The summed E-state index contributed by atoms with van der Waals surface area (Å²) in [5, 5.41) is 0. The van der Waals surface area contributed by atoms with E-state index in [0.29, 0.717) is 6.42 Å². The van der Waals surface area contributed by atoms with Gasteiger partial charge in [0.05, 0.1) is 0 Å².